The van der Waals surface area contributed by atoms with Gasteiger partial charge in [-0.1, -0.05) is 41.9 Å². The van der Waals surface area contributed by atoms with E-state index in [0.717, 1.165) is 18.4 Å². The number of esters is 1. The Labute approximate surface area is 135 Å². The maximum atomic E-state index is 11.9. The minimum atomic E-state index is -0.389. The van der Waals surface area contributed by atoms with Gasteiger partial charge in [0.25, 0.3) is 0 Å². The monoisotopic (exact) mass is 325 g/mol. The lowest BCUT2D eigenvalue weighted by Gasteiger charge is -2.30. The van der Waals surface area contributed by atoms with E-state index < -0.39 is 0 Å². The molecule has 0 aliphatic carbocycles. The third kappa shape index (κ3) is 5.22. The summed E-state index contributed by atoms with van der Waals surface area (Å²) in [6.07, 6.45) is 1.56. The fraction of sp³-hybridized carbons (Fsp3) is 0.500. The Balaban J connectivity index is 1.67. The minimum Gasteiger partial charge on any atom is -0.461 e. The molecule has 0 atom stereocenters. The number of nitrogens with zero attached hydrogens (tertiary/aromatic N) is 1. The van der Waals surface area contributed by atoms with E-state index in [1.165, 1.54) is 0 Å². The van der Waals surface area contributed by atoms with Crippen LogP contribution in [0.5, 0.6) is 0 Å². The third-order valence-corrected chi connectivity index (χ3v) is 3.86. The molecule has 1 fully saturated rings. The molecule has 1 aromatic carbocycles. The first-order chi connectivity index (χ1) is 10.7. The Morgan fingerprint density at radius 3 is 2.45 bits per heavy atom. The molecule has 22 heavy (non-hydrogen) atoms. The number of piperidine rings is 1. The van der Waals surface area contributed by atoms with Crippen LogP contribution >= 0.6 is 11.6 Å². The third-order valence-electron chi connectivity index (χ3n) is 3.75. The zero-order valence-electron chi connectivity index (χ0n) is 12.4. The van der Waals surface area contributed by atoms with E-state index >= 15 is 0 Å². The minimum absolute atomic E-state index is 0.134. The predicted octanol–water partition coefficient (Wildman–Crippen LogP) is 3.16. The summed E-state index contributed by atoms with van der Waals surface area (Å²) in [7, 11) is 0. The number of ether oxygens (including phenoxy) is 2. The van der Waals surface area contributed by atoms with Gasteiger partial charge in [-0.15, -0.1) is 0 Å². The van der Waals surface area contributed by atoms with Gasteiger partial charge in [0.15, 0.2) is 6.07 Å². The lowest BCUT2D eigenvalue weighted by molar-refractivity contribution is -0.146. The highest BCUT2D eigenvalue weighted by Crippen LogP contribution is 2.21. The van der Waals surface area contributed by atoms with Gasteiger partial charge in [0.05, 0.1) is 0 Å². The summed E-state index contributed by atoms with van der Waals surface area (Å²) in [5.74, 6) is 0.0639. The fourth-order valence-corrected chi connectivity index (χ4v) is 2.58. The second kappa shape index (κ2) is 8.63. The average molecular weight is 326 g/mol. The van der Waals surface area contributed by atoms with E-state index in [0.29, 0.717) is 26.1 Å². The molecule has 2 rings (SSSR count). The molecular formula is C16H20ClNO4. The van der Waals surface area contributed by atoms with E-state index in [2.05, 4.69) is 0 Å². The van der Waals surface area contributed by atoms with Crippen LogP contribution in [-0.2, 0) is 20.9 Å². The smallest absolute Gasteiger partial charge is 0.410 e. The quantitative estimate of drug-likeness (QED) is 0.616. The fourth-order valence-electron chi connectivity index (χ4n) is 2.49. The summed E-state index contributed by atoms with van der Waals surface area (Å²) in [4.78, 5) is 25.0. The van der Waals surface area contributed by atoms with Crippen molar-refractivity contribution >= 4 is 23.7 Å². The molecular weight excluding hydrogens is 306 g/mol. The summed E-state index contributed by atoms with van der Waals surface area (Å²) in [6, 6.07) is 9.47. The van der Waals surface area contributed by atoms with Gasteiger partial charge in [-0.2, -0.15) is 0 Å². The zero-order valence-corrected chi connectivity index (χ0v) is 13.1. The molecule has 1 aliphatic heterocycles. The molecule has 1 aromatic rings. The van der Waals surface area contributed by atoms with Crippen LogP contribution in [-0.4, -0.2) is 36.1 Å². The van der Waals surface area contributed by atoms with E-state index in [-0.39, 0.29) is 24.0 Å². The van der Waals surface area contributed by atoms with Crippen LogP contribution in [0.15, 0.2) is 30.3 Å². The Morgan fingerprint density at radius 1 is 1.14 bits per heavy atom. The SMILES string of the molecule is O=C(CC1CCN(C(=O)OCCl)CC1)OCc1ccccc1. The topological polar surface area (TPSA) is 55.8 Å². The molecule has 0 unspecified atom stereocenters. The van der Waals surface area contributed by atoms with Crippen LogP contribution in [0.4, 0.5) is 4.79 Å². The summed E-state index contributed by atoms with van der Waals surface area (Å²) >= 11 is 5.37. The van der Waals surface area contributed by atoms with Crippen molar-refractivity contribution in [2.75, 3.05) is 19.2 Å². The number of rotatable bonds is 5. The Hall–Kier alpha value is -1.75. The number of alkyl halides is 1. The lowest BCUT2D eigenvalue weighted by atomic mass is 9.94. The number of amides is 1. The highest BCUT2D eigenvalue weighted by molar-refractivity contribution is 6.17. The van der Waals surface area contributed by atoms with Gasteiger partial charge in [0.1, 0.15) is 6.61 Å². The van der Waals surface area contributed by atoms with Gasteiger partial charge in [-0.3, -0.25) is 4.79 Å². The first-order valence-electron chi connectivity index (χ1n) is 7.36. The van der Waals surface area contributed by atoms with E-state index in [1.807, 2.05) is 30.3 Å². The molecule has 0 bridgehead atoms. The highest BCUT2D eigenvalue weighted by atomic mass is 35.5. The van der Waals surface area contributed by atoms with Crippen molar-refractivity contribution in [1.29, 1.82) is 0 Å². The van der Waals surface area contributed by atoms with Crippen LogP contribution in [0.1, 0.15) is 24.8 Å². The molecule has 0 radical (unpaired) electrons. The van der Waals surface area contributed by atoms with Crippen molar-refractivity contribution in [2.24, 2.45) is 5.92 Å². The van der Waals surface area contributed by atoms with Crippen molar-refractivity contribution in [2.45, 2.75) is 25.9 Å². The van der Waals surface area contributed by atoms with Gasteiger partial charge in [0, 0.05) is 19.5 Å². The maximum Gasteiger partial charge on any atom is 0.410 e. The Morgan fingerprint density at radius 2 is 1.82 bits per heavy atom. The average Bonchev–Trinajstić information content (AvgIpc) is 2.55. The van der Waals surface area contributed by atoms with Crippen molar-refractivity contribution in [3.63, 3.8) is 0 Å². The number of carbonyl (C=O) groups is 2. The Bertz CT molecular complexity index is 486. The number of carbonyl (C=O) groups excluding carboxylic acids is 2. The normalized spacial score (nSPS) is 15.4. The highest BCUT2D eigenvalue weighted by Gasteiger charge is 2.25. The second-order valence-electron chi connectivity index (χ2n) is 5.30. The predicted molar refractivity (Wildman–Crippen MR) is 82.4 cm³/mol. The van der Waals surface area contributed by atoms with E-state index in [1.54, 1.807) is 4.90 Å². The molecule has 6 heteroatoms. The van der Waals surface area contributed by atoms with Crippen LogP contribution in [0.3, 0.4) is 0 Å². The number of likely N-dealkylation sites (tertiary alicyclic amines) is 1. The molecule has 0 N–H and O–H groups in total. The summed E-state index contributed by atoms with van der Waals surface area (Å²) < 4.78 is 10.0. The number of hydrogen-bond acceptors (Lipinski definition) is 4. The van der Waals surface area contributed by atoms with Gasteiger partial charge in [0.2, 0.25) is 0 Å². The van der Waals surface area contributed by atoms with Crippen molar-refractivity contribution in [3.8, 4) is 0 Å². The van der Waals surface area contributed by atoms with E-state index in [9.17, 15) is 9.59 Å². The first-order valence-corrected chi connectivity index (χ1v) is 7.89. The molecule has 1 aliphatic rings. The second-order valence-corrected chi connectivity index (χ2v) is 5.52. The lowest BCUT2D eigenvalue weighted by Crippen LogP contribution is -2.39. The molecule has 1 amide bonds. The largest absolute Gasteiger partial charge is 0.461 e. The summed E-state index contributed by atoms with van der Waals surface area (Å²) in [6.45, 7) is 1.49. The van der Waals surface area contributed by atoms with Gasteiger partial charge >= 0.3 is 12.1 Å². The summed E-state index contributed by atoms with van der Waals surface area (Å²) in [5, 5.41) is 0. The van der Waals surface area contributed by atoms with Gasteiger partial charge in [-0.25, -0.2) is 4.79 Å². The molecule has 5 nitrogen and oxygen atoms in total. The van der Waals surface area contributed by atoms with Gasteiger partial charge in [-0.05, 0) is 24.3 Å². The zero-order chi connectivity index (χ0) is 15.8. The van der Waals surface area contributed by atoms with Crippen molar-refractivity contribution < 1.29 is 19.1 Å². The standard InChI is InChI=1S/C16H20ClNO4/c17-12-22-16(20)18-8-6-13(7-9-18)10-15(19)21-11-14-4-2-1-3-5-14/h1-5,13H,6-12H2. The van der Waals surface area contributed by atoms with Crippen molar-refractivity contribution in [1.82, 2.24) is 4.90 Å². The summed E-state index contributed by atoms with van der Waals surface area (Å²) in [5.41, 5.74) is 0.981. The molecule has 120 valence electrons. The van der Waals surface area contributed by atoms with Crippen LogP contribution in [0.2, 0.25) is 0 Å². The van der Waals surface area contributed by atoms with E-state index in [4.69, 9.17) is 21.1 Å². The number of benzene rings is 1. The molecule has 1 saturated heterocycles. The molecule has 0 aromatic heterocycles. The maximum absolute atomic E-state index is 11.9. The van der Waals surface area contributed by atoms with Crippen LogP contribution < -0.4 is 0 Å². The van der Waals surface area contributed by atoms with Crippen LogP contribution in [0.25, 0.3) is 0 Å². The Kier molecular flexibility index (Phi) is 6.52. The first kappa shape index (κ1) is 16.6. The molecule has 0 spiro atoms. The molecule has 1 heterocycles. The number of halogens is 1. The molecule has 0 saturated carbocycles. The van der Waals surface area contributed by atoms with Crippen molar-refractivity contribution in [3.05, 3.63) is 35.9 Å². The van der Waals surface area contributed by atoms with Crippen LogP contribution in [0, 0.1) is 5.92 Å². The van der Waals surface area contributed by atoms with Gasteiger partial charge < -0.3 is 14.4 Å². The number of hydrogen-bond donors (Lipinski definition) is 0.